The predicted molar refractivity (Wildman–Crippen MR) is 157 cm³/mol. The van der Waals surface area contributed by atoms with Gasteiger partial charge in [0.2, 0.25) is 0 Å². The molecule has 4 rings (SSSR count). The van der Waals surface area contributed by atoms with E-state index in [0.717, 1.165) is 37.4 Å². The minimum atomic E-state index is -2.03. The first kappa shape index (κ1) is 29.8. The largest absolute Gasteiger partial charge is 0.465 e. The second kappa shape index (κ2) is 12.1. The molecule has 2 aliphatic rings. The second-order valence-corrected chi connectivity index (χ2v) is 17.0. The number of hydrogen-bond donors (Lipinski definition) is 1. The highest BCUT2D eigenvalue weighted by Gasteiger charge is 2.53. The average Bonchev–Trinajstić information content (AvgIpc) is 3.23. The molecule has 0 radical (unpaired) electrons. The van der Waals surface area contributed by atoms with Crippen LogP contribution in [-0.4, -0.2) is 75.9 Å². The molecule has 1 N–H and O–H groups in total. The summed E-state index contributed by atoms with van der Waals surface area (Å²) in [4.78, 5) is 29.8. The summed E-state index contributed by atoms with van der Waals surface area (Å²) in [5.41, 5.74) is 0.109. The number of thioether (sulfide) groups is 1. The van der Waals surface area contributed by atoms with Gasteiger partial charge in [-0.15, -0.1) is 0 Å². The van der Waals surface area contributed by atoms with Crippen LogP contribution in [0.2, 0.25) is 23.3 Å². The maximum Gasteiger partial charge on any atom is 0.407 e. The number of piperazine rings is 1. The van der Waals surface area contributed by atoms with Gasteiger partial charge in [0.15, 0.2) is 24.4 Å². The lowest BCUT2D eigenvalue weighted by Gasteiger charge is -2.50. The van der Waals surface area contributed by atoms with Crippen LogP contribution in [0.5, 0.6) is 0 Å². The molecule has 0 aliphatic carbocycles. The van der Waals surface area contributed by atoms with Crippen molar-refractivity contribution in [3.8, 4) is 0 Å². The topological polar surface area (TPSA) is 91.7 Å². The van der Waals surface area contributed by atoms with E-state index < -0.39 is 20.2 Å². The van der Waals surface area contributed by atoms with Crippen LogP contribution < -0.4 is 4.90 Å². The number of pyridine rings is 1. The SMILES string of the molecule is CCSc1nc(N2C[C@H]3CC[C@@H]([C@H]2[C@H](CC)O[Si](CC)(CC)CC)N3C(=O)O)c2c(Br)nc(Cl)c(F)c2n1. The number of rotatable bonds is 10. The summed E-state index contributed by atoms with van der Waals surface area (Å²) < 4.78 is 22.8. The van der Waals surface area contributed by atoms with E-state index >= 15 is 4.39 Å². The Balaban J connectivity index is 1.94. The molecule has 1 amide bonds. The Bertz CT molecular complexity index is 1190. The Kier molecular flexibility index (Phi) is 9.49. The number of hydrogen-bond acceptors (Lipinski definition) is 7. The summed E-state index contributed by atoms with van der Waals surface area (Å²) in [6.07, 6.45) is 1.12. The highest BCUT2D eigenvalue weighted by Crippen LogP contribution is 2.44. The molecule has 38 heavy (non-hydrogen) atoms. The van der Waals surface area contributed by atoms with Crippen LogP contribution in [0.1, 0.15) is 53.9 Å². The van der Waals surface area contributed by atoms with E-state index in [4.69, 9.17) is 21.0 Å². The first-order valence-corrected chi connectivity index (χ1v) is 18.1. The summed E-state index contributed by atoms with van der Waals surface area (Å²) >= 11 is 11.0. The van der Waals surface area contributed by atoms with Crippen molar-refractivity contribution >= 4 is 70.4 Å². The van der Waals surface area contributed by atoms with E-state index in [9.17, 15) is 9.90 Å². The zero-order valence-corrected chi connectivity index (χ0v) is 26.7. The van der Waals surface area contributed by atoms with E-state index in [2.05, 4.69) is 58.5 Å². The van der Waals surface area contributed by atoms with Crippen molar-refractivity contribution in [1.29, 1.82) is 0 Å². The van der Waals surface area contributed by atoms with Crippen LogP contribution in [0.3, 0.4) is 0 Å². The third-order valence-electron chi connectivity index (χ3n) is 8.25. The molecule has 2 aromatic heterocycles. The van der Waals surface area contributed by atoms with E-state index in [0.29, 0.717) is 33.3 Å². The molecule has 13 heteroatoms. The summed E-state index contributed by atoms with van der Waals surface area (Å²) in [5.74, 6) is 0.575. The average molecular weight is 649 g/mol. The second-order valence-electron chi connectivity index (χ2n) is 9.93. The highest BCUT2D eigenvalue weighted by molar-refractivity contribution is 9.10. The standard InChI is InChI=1S/C25H36BrClFN5O3SSi/c1-6-16(36-38(8-3,9-4)10-5)20-15-12-11-14(33(15)25(34)35)13-32(20)23-17-19(29-24(31-23)37-7-2)18(28)22(27)30-21(17)26/h14-16,20H,6-13H2,1-5H3,(H,34,35)/t14-,15+,16+,20+/m1/s1. The molecule has 4 atom stereocenters. The molecule has 4 heterocycles. The molecule has 2 fully saturated rings. The molecule has 2 aromatic rings. The Morgan fingerprint density at radius 1 is 1.21 bits per heavy atom. The first-order valence-electron chi connectivity index (χ1n) is 13.5. The summed E-state index contributed by atoms with van der Waals surface area (Å²) in [5, 5.41) is 10.8. The fraction of sp³-hybridized carbons (Fsp3) is 0.680. The molecule has 0 aromatic carbocycles. The molecule has 2 bridgehead atoms. The fourth-order valence-corrected chi connectivity index (χ4v) is 10.5. The molecule has 0 spiro atoms. The van der Waals surface area contributed by atoms with Crippen molar-refractivity contribution in [2.45, 2.75) is 101 Å². The zero-order chi connectivity index (χ0) is 27.8. The van der Waals surface area contributed by atoms with E-state index in [1.54, 1.807) is 4.90 Å². The van der Waals surface area contributed by atoms with Gasteiger partial charge in [-0.05, 0) is 59.1 Å². The van der Waals surface area contributed by atoms with Gasteiger partial charge < -0.3 is 14.4 Å². The van der Waals surface area contributed by atoms with Crippen LogP contribution in [0.4, 0.5) is 15.0 Å². The summed E-state index contributed by atoms with van der Waals surface area (Å²) in [6, 6.07) is 2.25. The zero-order valence-electron chi connectivity index (χ0n) is 22.5. The van der Waals surface area contributed by atoms with Gasteiger partial charge in [0.25, 0.3) is 0 Å². The third kappa shape index (κ3) is 5.27. The van der Waals surface area contributed by atoms with Crippen LogP contribution in [-0.2, 0) is 4.43 Å². The number of carbonyl (C=O) groups is 1. The molecule has 2 aliphatic heterocycles. The molecule has 210 valence electrons. The third-order valence-corrected chi connectivity index (χ3v) is 14.5. The molecule has 0 saturated carbocycles. The summed E-state index contributed by atoms with van der Waals surface area (Å²) in [6.45, 7) is 11.1. The van der Waals surface area contributed by atoms with Crippen molar-refractivity contribution in [2.24, 2.45) is 0 Å². The maximum atomic E-state index is 15.3. The van der Waals surface area contributed by atoms with Crippen LogP contribution in [0, 0.1) is 5.82 Å². The number of halogens is 3. The van der Waals surface area contributed by atoms with Gasteiger partial charge in [-0.25, -0.2) is 24.1 Å². The van der Waals surface area contributed by atoms with Gasteiger partial charge in [0.1, 0.15) is 15.9 Å². The van der Waals surface area contributed by atoms with Gasteiger partial charge in [-0.1, -0.05) is 58.0 Å². The quantitative estimate of drug-likeness (QED) is 0.125. The lowest BCUT2D eigenvalue weighted by molar-refractivity contribution is 0.0584. The van der Waals surface area contributed by atoms with Crippen LogP contribution in [0.25, 0.3) is 10.9 Å². The number of fused-ring (bicyclic) bond motifs is 3. The van der Waals surface area contributed by atoms with Gasteiger partial charge in [-0.3, -0.25) is 4.90 Å². The normalized spacial score (nSPS) is 22.4. The Labute approximate surface area is 242 Å². The lowest BCUT2D eigenvalue weighted by atomic mass is 9.95. The first-order chi connectivity index (χ1) is 18.1. The minimum Gasteiger partial charge on any atom is -0.465 e. The monoisotopic (exact) mass is 647 g/mol. The number of anilines is 1. The van der Waals surface area contributed by atoms with Gasteiger partial charge in [-0.2, -0.15) is 0 Å². The van der Waals surface area contributed by atoms with E-state index in [1.807, 2.05) is 6.92 Å². The van der Waals surface area contributed by atoms with Crippen molar-refractivity contribution in [3.05, 3.63) is 15.6 Å². The minimum absolute atomic E-state index is 0.109. The number of aromatic nitrogens is 3. The fourth-order valence-electron chi connectivity index (χ4n) is 6.14. The Hall–Kier alpha value is -1.21. The lowest BCUT2D eigenvalue weighted by Crippen LogP contribution is -2.66. The van der Waals surface area contributed by atoms with Crippen molar-refractivity contribution in [2.75, 3.05) is 17.2 Å². The Morgan fingerprint density at radius 2 is 1.89 bits per heavy atom. The summed E-state index contributed by atoms with van der Waals surface area (Å²) in [7, 11) is -2.03. The molecular weight excluding hydrogens is 613 g/mol. The maximum absolute atomic E-state index is 15.3. The van der Waals surface area contributed by atoms with Crippen molar-refractivity contribution < 1.29 is 18.7 Å². The molecular formula is C25H36BrClFN5O3SSi. The van der Waals surface area contributed by atoms with E-state index in [-0.39, 0.29) is 34.9 Å². The van der Waals surface area contributed by atoms with Gasteiger partial charge in [0.05, 0.1) is 29.6 Å². The molecule has 2 saturated heterocycles. The van der Waals surface area contributed by atoms with Crippen molar-refractivity contribution in [3.63, 3.8) is 0 Å². The van der Waals surface area contributed by atoms with E-state index in [1.165, 1.54) is 11.8 Å². The highest BCUT2D eigenvalue weighted by atomic mass is 79.9. The van der Waals surface area contributed by atoms with Crippen molar-refractivity contribution in [1.82, 2.24) is 19.9 Å². The van der Waals surface area contributed by atoms with Crippen LogP contribution >= 0.6 is 39.3 Å². The smallest absolute Gasteiger partial charge is 0.407 e. The van der Waals surface area contributed by atoms with Crippen LogP contribution in [0.15, 0.2) is 9.76 Å². The Morgan fingerprint density at radius 3 is 2.47 bits per heavy atom. The predicted octanol–water partition coefficient (Wildman–Crippen LogP) is 7.19. The molecule has 0 unspecified atom stereocenters. The number of carboxylic acid groups (broad SMARTS) is 1. The number of nitrogens with zero attached hydrogens (tertiary/aromatic N) is 5. The van der Waals surface area contributed by atoms with Gasteiger partial charge >= 0.3 is 6.09 Å². The van der Waals surface area contributed by atoms with Gasteiger partial charge in [0, 0.05) is 6.54 Å². The number of amides is 1. The molecule has 8 nitrogen and oxygen atoms in total.